The Bertz CT molecular complexity index is 400. The van der Waals surface area contributed by atoms with Crippen molar-refractivity contribution in [1.29, 1.82) is 0 Å². The molecule has 2 heterocycles. The van der Waals surface area contributed by atoms with Gasteiger partial charge in [0, 0.05) is 32.7 Å². The molecule has 2 fully saturated rings. The maximum atomic E-state index is 12.4. The number of carbonyl (C=O) groups is 2. The van der Waals surface area contributed by atoms with Crippen LogP contribution in [0.2, 0.25) is 0 Å². The van der Waals surface area contributed by atoms with Gasteiger partial charge < -0.3 is 15.1 Å². The summed E-state index contributed by atoms with van der Waals surface area (Å²) in [6, 6.07) is 0.110. The van der Waals surface area contributed by atoms with Gasteiger partial charge in [-0.1, -0.05) is 0 Å². The minimum atomic E-state index is -0.353. The molecule has 22 heavy (non-hydrogen) atoms. The molecular formula is C16H29N3O2S. The standard InChI is InChI=1S/C16H29N3O2S/c1-13(4-11-22-3)18(2)14(20)15(21)19-9-6-16(7-10-19)5-8-17-12-16/h13,17H,4-12H2,1-3H3. The summed E-state index contributed by atoms with van der Waals surface area (Å²) in [5, 5.41) is 3.42. The lowest BCUT2D eigenvalue weighted by atomic mass is 9.78. The van der Waals surface area contributed by atoms with Crippen LogP contribution in [0.3, 0.4) is 0 Å². The molecule has 2 aliphatic rings. The molecule has 0 radical (unpaired) electrons. The van der Waals surface area contributed by atoms with Crippen molar-refractivity contribution in [2.24, 2.45) is 5.41 Å². The molecule has 1 N–H and O–H groups in total. The molecule has 2 aliphatic heterocycles. The van der Waals surface area contributed by atoms with Crippen LogP contribution in [0.15, 0.2) is 0 Å². The molecular weight excluding hydrogens is 298 g/mol. The average Bonchev–Trinajstić information content (AvgIpc) is 2.99. The SMILES string of the molecule is CSCCC(C)N(C)C(=O)C(=O)N1CCC2(CCNC2)CC1. The molecule has 0 aromatic heterocycles. The van der Waals surface area contributed by atoms with Gasteiger partial charge in [0.25, 0.3) is 0 Å². The average molecular weight is 327 g/mol. The molecule has 0 saturated carbocycles. The smallest absolute Gasteiger partial charge is 0.312 e. The van der Waals surface area contributed by atoms with Crippen molar-refractivity contribution in [2.45, 2.75) is 38.6 Å². The van der Waals surface area contributed by atoms with Crippen molar-refractivity contribution in [3.63, 3.8) is 0 Å². The maximum Gasteiger partial charge on any atom is 0.312 e. The van der Waals surface area contributed by atoms with Crippen LogP contribution in [0.1, 0.15) is 32.6 Å². The van der Waals surface area contributed by atoms with Crippen LogP contribution in [0.4, 0.5) is 0 Å². The van der Waals surface area contributed by atoms with Crippen molar-refractivity contribution in [3.05, 3.63) is 0 Å². The fourth-order valence-corrected chi connectivity index (χ4v) is 3.95. The Labute approximate surface area is 138 Å². The van der Waals surface area contributed by atoms with Crippen LogP contribution in [0, 0.1) is 5.41 Å². The van der Waals surface area contributed by atoms with E-state index in [1.54, 1.807) is 28.6 Å². The minimum absolute atomic E-state index is 0.110. The zero-order valence-electron chi connectivity index (χ0n) is 14.1. The summed E-state index contributed by atoms with van der Waals surface area (Å²) >= 11 is 1.77. The van der Waals surface area contributed by atoms with Crippen LogP contribution in [0.25, 0.3) is 0 Å². The quantitative estimate of drug-likeness (QED) is 0.788. The van der Waals surface area contributed by atoms with Crippen molar-refractivity contribution in [1.82, 2.24) is 15.1 Å². The lowest BCUT2D eigenvalue weighted by molar-refractivity contribution is -0.153. The van der Waals surface area contributed by atoms with E-state index >= 15 is 0 Å². The number of nitrogens with zero attached hydrogens (tertiary/aromatic N) is 2. The monoisotopic (exact) mass is 327 g/mol. The van der Waals surface area contributed by atoms with Gasteiger partial charge >= 0.3 is 11.8 Å². The number of hydrogen-bond donors (Lipinski definition) is 1. The number of likely N-dealkylation sites (N-methyl/N-ethyl adjacent to an activating group) is 1. The Balaban J connectivity index is 1.84. The zero-order chi connectivity index (χ0) is 16.2. The lowest BCUT2D eigenvalue weighted by Crippen LogP contribution is -2.51. The van der Waals surface area contributed by atoms with Crippen LogP contribution in [0.5, 0.6) is 0 Å². The highest BCUT2D eigenvalue weighted by Crippen LogP contribution is 2.36. The zero-order valence-corrected chi connectivity index (χ0v) is 14.9. The summed E-state index contributed by atoms with van der Waals surface area (Å²) in [4.78, 5) is 28.2. The van der Waals surface area contributed by atoms with E-state index in [0.717, 1.165) is 51.2 Å². The molecule has 1 unspecified atom stereocenters. The molecule has 0 aromatic carbocycles. The molecule has 0 aromatic rings. The molecule has 1 spiro atoms. The van der Waals surface area contributed by atoms with E-state index in [0.29, 0.717) is 5.41 Å². The molecule has 0 aliphatic carbocycles. The topological polar surface area (TPSA) is 52.7 Å². The highest BCUT2D eigenvalue weighted by Gasteiger charge is 2.39. The number of rotatable bonds is 4. The van der Waals surface area contributed by atoms with Crippen LogP contribution in [-0.4, -0.2) is 72.9 Å². The van der Waals surface area contributed by atoms with Gasteiger partial charge in [-0.15, -0.1) is 0 Å². The van der Waals surface area contributed by atoms with Gasteiger partial charge in [-0.25, -0.2) is 0 Å². The second-order valence-corrected chi connectivity index (χ2v) is 7.75. The first-order valence-electron chi connectivity index (χ1n) is 8.25. The second-order valence-electron chi connectivity index (χ2n) is 6.77. The molecule has 6 heteroatoms. The van der Waals surface area contributed by atoms with Gasteiger partial charge in [-0.3, -0.25) is 9.59 Å². The fraction of sp³-hybridized carbons (Fsp3) is 0.875. The Morgan fingerprint density at radius 1 is 1.32 bits per heavy atom. The summed E-state index contributed by atoms with van der Waals surface area (Å²) in [5.41, 5.74) is 0.372. The van der Waals surface area contributed by atoms with E-state index in [1.807, 2.05) is 6.92 Å². The lowest BCUT2D eigenvalue weighted by Gasteiger charge is -2.39. The molecule has 2 saturated heterocycles. The molecule has 0 bridgehead atoms. The predicted octanol–water partition coefficient (Wildman–Crippen LogP) is 1.19. The van der Waals surface area contributed by atoms with Gasteiger partial charge in [0.1, 0.15) is 0 Å². The molecule has 5 nitrogen and oxygen atoms in total. The summed E-state index contributed by atoms with van der Waals surface area (Å²) in [5.74, 6) is 0.333. The van der Waals surface area contributed by atoms with E-state index in [2.05, 4.69) is 11.6 Å². The van der Waals surface area contributed by atoms with Crippen LogP contribution in [-0.2, 0) is 9.59 Å². The number of thioether (sulfide) groups is 1. The van der Waals surface area contributed by atoms with Crippen molar-refractivity contribution < 1.29 is 9.59 Å². The second kappa shape index (κ2) is 7.68. The predicted molar refractivity (Wildman–Crippen MR) is 91.0 cm³/mol. The number of likely N-dealkylation sites (tertiary alicyclic amines) is 1. The van der Waals surface area contributed by atoms with Gasteiger partial charge in [-0.2, -0.15) is 11.8 Å². The minimum Gasteiger partial charge on any atom is -0.335 e. The maximum absolute atomic E-state index is 12.4. The third-order valence-corrected chi connectivity index (χ3v) is 5.99. The number of hydrogen-bond acceptors (Lipinski definition) is 4. The van der Waals surface area contributed by atoms with E-state index in [4.69, 9.17) is 0 Å². The first-order valence-corrected chi connectivity index (χ1v) is 9.64. The molecule has 2 rings (SSSR count). The largest absolute Gasteiger partial charge is 0.335 e. The van der Waals surface area contributed by atoms with E-state index in [-0.39, 0.29) is 17.9 Å². The highest BCUT2D eigenvalue weighted by atomic mass is 32.2. The highest BCUT2D eigenvalue weighted by molar-refractivity contribution is 7.98. The van der Waals surface area contributed by atoms with Crippen molar-refractivity contribution >= 4 is 23.6 Å². The Kier molecular flexibility index (Phi) is 6.15. The van der Waals surface area contributed by atoms with Crippen molar-refractivity contribution in [3.8, 4) is 0 Å². The summed E-state index contributed by atoms with van der Waals surface area (Å²) < 4.78 is 0. The number of carbonyl (C=O) groups excluding carboxylic acids is 2. The van der Waals surface area contributed by atoms with Gasteiger partial charge in [0.05, 0.1) is 0 Å². The van der Waals surface area contributed by atoms with E-state index in [9.17, 15) is 9.59 Å². The Hall–Kier alpha value is -0.750. The van der Waals surface area contributed by atoms with E-state index < -0.39 is 0 Å². The molecule has 1 atom stereocenters. The van der Waals surface area contributed by atoms with Crippen LogP contribution < -0.4 is 5.32 Å². The molecule has 2 amide bonds. The normalized spacial score (nSPS) is 21.9. The van der Waals surface area contributed by atoms with Gasteiger partial charge in [0.15, 0.2) is 0 Å². The summed E-state index contributed by atoms with van der Waals surface area (Å²) in [6.45, 7) is 5.60. The van der Waals surface area contributed by atoms with E-state index in [1.165, 1.54) is 6.42 Å². The Morgan fingerprint density at radius 3 is 2.55 bits per heavy atom. The van der Waals surface area contributed by atoms with Gasteiger partial charge in [0.2, 0.25) is 0 Å². The summed E-state index contributed by atoms with van der Waals surface area (Å²) in [6.07, 6.45) is 6.22. The first kappa shape index (κ1) is 17.6. The van der Waals surface area contributed by atoms with Crippen molar-refractivity contribution in [2.75, 3.05) is 45.2 Å². The number of nitrogens with one attached hydrogen (secondary N) is 1. The summed E-state index contributed by atoms with van der Waals surface area (Å²) in [7, 11) is 1.75. The first-order chi connectivity index (χ1) is 10.5. The Morgan fingerprint density at radius 2 is 2.00 bits per heavy atom. The third-order valence-electron chi connectivity index (χ3n) is 5.35. The fourth-order valence-electron chi connectivity index (χ4n) is 3.37. The van der Waals surface area contributed by atoms with Gasteiger partial charge in [-0.05, 0) is 56.6 Å². The number of amides is 2. The van der Waals surface area contributed by atoms with Crippen LogP contribution >= 0.6 is 11.8 Å². The third kappa shape index (κ3) is 3.96. The number of piperidine rings is 1. The molecule has 126 valence electrons.